The van der Waals surface area contributed by atoms with Gasteiger partial charge in [-0.2, -0.15) is 0 Å². The average molecular weight is 464 g/mol. The van der Waals surface area contributed by atoms with Gasteiger partial charge in [0.15, 0.2) is 4.87 Å². The second kappa shape index (κ2) is 8.44. The van der Waals surface area contributed by atoms with Crippen molar-refractivity contribution in [3.63, 3.8) is 0 Å². The molecule has 5 rings (SSSR count). The van der Waals surface area contributed by atoms with E-state index in [1.165, 1.54) is 23.9 Å². The van der Waals surface area contributed by atoms with E-state index >= 15 is 0 Å². The molecule has 1 unspecified atom stereocenters. The maximum absolute atomic E-state index is 13.9. The zero-order valence-electron chi connectivity index (χ0n) is 18.0. The molecule has 1 atom stereocenters. The number of hydrogen-bond donors (Lipinski definition) is 1. The molecule has 1 saturated heterocycles. The van der Waals surface area contributed by atoms with Gasteiger partial charge in [-0.1, -0.05) is 36.4 Å². The highest BCUT2D eigenvalue weighted by atomic mass is 32.2. The summed E-state index contributed by atoms with van der Waals surface area (Å²) in [5, 5.41) is 2.91. The lowest BCUT2D eigenvalue weighted by atomic mass is 10.1. The van der Waals surface area contributed by atoms with Crippen LogP contribution in [0.1, 0.15) is 11.1 Å². The Morgan fingerprint density at radius 1 is 1.12 bits per heavy atom. The number of halogens is 1. The number of rotatable bonds is 4. The predicted octanol–water partition coefficient (Wildman–Crippen LogP) is 4.81. The summed E-state index contributed by atoms with van der Waals surface area (Å²) in [5.41, 5.74) is 2.96. The van der Waals surface area contributed by atoms with Crippen molar-refractivity contribution in [1.29, 1.82) is 0 Å². The molecule has 0 aliphatic carbocycles. The second-order valence-electron chi connectivity index (χ2n) is 7.84. The number of para-hydroxylation sites is 1. The van der Waals surface area contributed by atoms with E-state index < -0.39 is 4.87 Å². The van der Waals surface area contributed by atoms with Gasteiger partial charge in [0.25, 0.3) is 5.91 Å². The van der Waals surface area contributed by atoms with Crippen LogP contribution in [0, 0.1) is 5.82 Å². The van der Waals surface area contributed by atoms with Crippen LogP contribution in [0.25, 0.3) is 0 Å². The number of carbonyl (C=O) groups is 2. The fourth-order valence-corrected chi connectivity index (χ4v) is 5.85. The van der Waals surface area contributed by atoms with Crippen molar-refractivity contribution in [3.8, 4) is 5.75 Å². The van der Waals surface area contributed by atoms with Crippen LogP contribution < -0.4 is 15.0 Å². The van der Waals surface area contributed by atoms with Gasteiger partial charge in [-0.05, 0) is 35.9 Å². The van der Waals surface area contributed by atoms with E-state index in [1.807, 2.05) is 24.3 Å². The van der Waals surface area contributed by atoms with E-state index in [2.05, 4.69) is 5.32 Å². The van der Waals surface area contributed by atoms with Crippen LogP contribution in [0.4, 0.5) is 20.6 Å². The van der Waals surface area contributed by atoms with Crippen molar-refractivity contribution < 1.29 is 18.7 Å². The number of nitrogens with one attached hydrogen (secondary N) is 1. The summed E-state index contributed by atoms with van der Waals surface area (Å²) >= 11 is 1.46. The van der Waals surface area contributed by atoms with E-state index in [4.69, 9.17) is 4.74 Å². The highest BCUT2D eigenvalue weighted by molar-refractivity contribution is 8.01. The normalized spacial score (nSPS) is 19.2. The van der Waals surface area contributed by atoms with E-state index in [0.717, 1.165) is 16.8 Å². The highest BCUT2D eigenvalue weighted by Crippen LogP contribution is 2.54. The van der Waals surface area contributed by atoms with Gasteiger partial charge < -0.3 is 15.0 Å². The van der Waals surface area contributed by atoms with E-state index in [1.54, 1.807) is 53.3 Å². The summed E-state index contributed by atoms with van der Waals surface area (Å²) in [6.07, 6.45) is 0. The van der Waals surface area contributed by atoms with Gasteiger partial charge in [-0.3, -0.25) is 9.69 Å². The van der Waals surface area contributed by atoms with Crippen molar-refractivity contribution in [3.05, 3.63) is 89.7 Å². The van der Waals surface area contributed by atoms with Gasteiger partial charge >= 0.3 is 6.03 Å². The molecule has 1 fully saturated rings. The molecule has 2 aliphatic rings. The third-order valence-electron chi connectivity index (χ3n) is 5.92. The van der Waals surface area contributed by atoms with Gasteiger partial charge in [0.2, 0.25) is 0 Å². The SMILES string of the molecule is COc1cccc(NC(=O)N2CCSC23C(=O)N(Cc2ccc(F)cc2)c2ccccc23)c1. The Morgan fingerprint density at radius 3 is 2.70 bits per heavy atom. The first-order chi connectivity index (χ1) is 16.0. The van der Waals surface area contributed by atoms with Crippen molar-refractivity contribution >= 4 is 35.1 Å². The molecule has 1 N–H and O–H groups in total. The Balaban J connectivity index is 1.48. The fraction of sp³-hybridized carbons (Fsp3) is 0.200. The summed E-state index contributed by atoms with van der Waals surface area (Å²) in [6, 6.07) is 20.4. The number of benzene rings is 3. The fourth-order valence-electron chi connectivity index (χ4n) is 4.39. The molecule has 3 amide bonds. The first-order valence-corrected chi connectivity index (χ1v) is 11.5. The minimum absolute atomic E-state index is 0.170. The smallest absolute Gasteiger partial charge is 0.323 e. The van der Waals surface area contributed by atoms with Crippen LogP contribution >= 0.6 is 11.8 Å². The van der Waals surface area contributed by atoms with Crippen LogP contribution in [0.3, 0.4) is 0 Å². The number of thioether (sulfide) groups is 1. The molecule has 0 aromatic heterocycles. The first kappa shape index (κ1) is 21.3. The summed E-state index contributed by atoms with van der Waals surface area (Å²) in [4.78, 5) is 29.5. The monoisotopic (exact) mass is 463 g/mol. The van der Waals surface area contributed by atoms with Crippen molar-refractivity contribution in [2.24, 2.45) is 0 Å². The van der Waals surface area contributed by atoms with Gasteiger partial charge in [0.1, 0.15) is 11.6 Å². The number of anilines is 2. The molecular weight excluding hydrogens is 441 g/mol. The maximum Gasteiger partial charge on any atom is 0.323 e. The number of nitrogens with zero attached hydrogens (tertiary/aromatic N) is 2. The number of ether oxygens (including phenoxy) is 1. The van der Waals surface area contributed by atoms with E-state index in [-0.39, 0.29) is 17.8 Å². The Kier molecular flexibility index (Phi) is 5.46. The quantitative estimate of drug-likeness (QED) is 0.603. The molecule has 6 nitrogen and oxygen atoms in total. The number of urea groups is 1. The number of methoxy groups -OCH3 is 1. The molecule has 0 radical (unpaired) electrons. The summed E-state index contributed by atoms with van der Waals surface area (Å²) in [5.74, 6) is 0.771. The lowest BCUT2D eigenvalue weighted by Gasteiger charge is -2.33. The number of amides is 3. The summed E-state index contributed by atoms with van der Waals surface area (Å²) in [7, 11) is 1.57. The van der Waals surface area contributed by atoms with Crippen LogP contribution in [-0.4, -0.2) is 36.2 Å². The van der Waals surface area contributed by atoms with E-state index in [9.17, 15) is 14.0 Å². The number of carbonyl (C=O) groups excluding carboxylic acids is 2. The molecule has 0 bridgehead atoms. The zero-order valence-corrected chi connectivity index (χ0v) is 18.8. The molecule has 2 aliphatic heterocycles. The third kappa shape index (κ3) is 3.60. The standard InChI is InChI=1S/C25H22FN3O3S/c1-32-20-6-4-5-19(15-20)27-24(31)29-13-14-33-25(29)21-7-2-3-8-22(21)28(23(25)30)16-17-9-11-18(26)12-10-17/h2-12,15H,13-14,16H2,1H3,(H,27,31). The largest absolute Gasteiger partial charge is 0.497 e. The predicted molar refractivity (Wildman–Crippen MR) is 127 cm³/mol. The Morgan fingerprint density at radius 2 is 1.91 bits per heavy atom. The Hall–Kier alpha value is -3.52. The molecular formula is C25H22FN3O3S. The van der Waals surface area contributed by atoms with Gasteiger partial charge in [0.05, 0.1) is 19.3 Å². The summed E-state index contributed by atoms with van der Waals surface area (Å²) in [6.45, 7) is 0.731. The molecule has 33 heavy (non-hydrogen) atoms. The number of hydrogen-bond acceptors (Lipinski definition) is 4. The molecule has 8 heteroatoms. The minimum atomic E-state index is -1.14. The minimum Gasteiger partial charge on any atom is -0.497 e. The van der Waals surface area contributed by atoms with Crippen LogP contribution in [0.15, 0.2) is 72.8 Å². The highest BCUT2D eigenvalue weighted by Gasteiger charge is 2.59. The molecule has 3 aromatic rings. The van der Waals surface area contributed by atoms with E-state index in [0.29, 0.717) is 30.3 Å². The molecule has 0 saturated carbocycles. The lowest BCUT2D eigenvalue weighted by molar-refractivity contribution is -0.123. The van der Waals surface area contributed by atoms with Crippen molar-refractivity contribution in [2.45, 2.75) is 11.4 Å². The third-order valence-corrected chi connectivity index (χ3v) is 7.34. The average Bonchev–Trinajstić information content (AvgIpc) is 3.38. The first-order valence-electron chi connectivity index (χ1n) is 10.6. The maximum atomic E-state index is 13.9. The van der Waals surface area contributed by atoms with Gasteiger partial charge in [-0.25, -0.2) is 9.18 Å². The molecule has 2 heterocycles. The topological polar surface area (TPSA) is 61.9 Å². The van der Waals surface area contributed by atoms with Crippen molar-refractivity contribution in [2.75, 3.05) is 29.6 Å². The Bertz CT molecular complexity index is 1220. The van der Waals surface area contributed by atoms with Crippen LogP contribution in [0.2, 0.25) is 0 Å². The van der Waals surface area contributed by atoms with Crippen LogP contribution in [0.5, 0.6) is 5.75 Å². The molecule has 3 aromatic carbocycles. The molecule has 168 valence electrons. The second-order valence-corrected chi connectivity index (χ2v) is 9.13. The van der Waals surface area contributed by atoms with Gasteiger partial charge in [0, 0.05) is 29.6 Å². The van der Waals surface area contributed by atoms with Crippen molar-refractivity contribution in [1.82, 2.24) is 4.90 Å². The lowest BCUT2D eigenvalue weighted by Crippen LogP contribution is -2.51. The Labute approximate surface area is 195 Å². The van der Waals surface area contributed by atoms with Gasteiger partial charge in [-0.15, -0.1) is 11.8 Å². The summed E-state index contributed by atoms with van der Waals surface area (Å²) < 4.78 is 18.6. The number of fused-ring (bicyclic) bond motifs is 2. The molecule has 1 spiro atoms. The van der Waals surface area contributed by atoms with Crippen LogP contribution in [-0.2, 0) is 16.2 Å². The zero-order chi connectivity index (χ0) is 23.0.